The summed E-state index contributed by atoms with van der Waals surface area (Å²) in [6, 6.07) is 4.24. The molecule has 1 unspecified atom stereocenters. The number of hydrogen-bond donors (Lipinski definition) is 3. The van der Waals surface area contributed by atoms with Crippen LogP contribution in [-0.4, -0.2) is 25.2 Å². The molecule has 1 heterocycles. The standard InChI is InChI=1S/C12H14F3N3O/c13-12(14,15)9-3-1-2-4-10(9)18-11(19)17-8-5-6-16-7-8/h1-4,8,16H,5-7H2,(H2,17,18,19). The van der Waals surface area contributed by atoms with Crippen molar-refractivity contribution in [2.75, 3.05) is 18.4 Å². The summed E-state index contributed by atoms with van der Waals surface area (Å²) in [5, 5.41) is 7.93. The summed E-state index contributed by atoms with van der Waals surface area (Å²) in [7, 11) is 0. The number of hydrogen-bond acceptors (Lipinski definition) is 2. The Morgan fingerprint density at radius 1 is 1.32 bits per heavy atom. The minimum Gasteiger partial charge on any atom is -0.334 e. The van der Waals surface area contributed by atoms with E-state index in [4.69, 9.17) is 0 Å². The van der Waals surface area contributed by atoms with Gasteiger partial charge in [-0.3, -0.25) is 0 Å². The van der Waals surface area contributed by atoms with Crippen LogP contribution in [0.4, 0.5) is 23.7 Å². The summed E-state index contributed by atoms with van der Waals surface area (Å²) in [4.78, 5) is 11.6. The fourth-order valence-corrected chi connectivity index (χ4v) is 1.96. The fraction of sp³-hybridized carbons (Fsp3) is 0.417. The molecule has 1 aromatic carbocycles. The van der Waals surface area contributed by atoms with Crippen LogP contribution in [-0.2, 0) is 6.18 Å². The van der Waals surface area contributed by atoms with E-state index in [9.17, 15) is 18.0 Å². The molecule has 1 aliphatic rings. The quantitative estimate of drug-likeness (QED) is 0.773. The van der Waals surface area contributed by atoms with E-state index >= 15 is 0 Å². The van der Waals surface area contributed by atoms with Gasteiger partial charge in [-0.15, -0.1) is 0 Å². The first-order valence-electron chi connectivity index (χ1n) is 5.91. The highest BCUT2D eigenvalue weighted by Gasteiger charge is 2.33. The van der Waals surface area contributed by atoms with E-state index in [1.54, 1.807) is 0 Å². The lowest BCUT2D eigenvalue weighted by molar-refractivity contribution is -0.136. The van der Waals surface area contributed by atoms with Crippen molar-refractivity contribution in [1.29, 1.82) is 0 Å². The second kappa shape index (κ2) is 5.48. The number of benzene rings is 1. The summed E-state index contributed by atoms with van der Waals surface area (Å²) < 4.78 is 38.2. The average molecular weight is 273 g/mol. The van der Waals surface area contributed by atoms with E-state index in [0.717, 1.165) is 19.0 Å². The van der Waals surface area contributed by atoms with E-state index in [2.05, 4.69) is 16.0 Å². The molecule has 0 radical (unpaired) electrons. The zero-order chi connectivity index (χ0) is 13.9. The number of rotatable bonds is 2. The van der Waals surface area contributed by atoms with Crippen LogP contribution in [0.25, 0.3) is 0 Å². The Hall–Kier alpha value is -1.76. The van der Waals surface area contributed by atoms with Crippen LogP contribution in [0, 0.1) is 0 Å². The third kappa shape index (κ3) is 3.60. The van der Waals surface area contributed by atoms with Crippen molar-refractivity contribution < 1.29 is 18.0 Å². The van der Waals surface area contributed by atoms with E-state index in [1.807, 2.05) is 0 Å². The lowest BCUT2D eigenvalue weighted by Gasteiger charge is -2.16. The Morgan fingerprint density at radius 2 is 2.05 bits per heavy atom. The molecule has 0 saturated carbocycles. The molecule has 2 rings (SSSR count). The van der Waals surface area contributed by atoms with Gasteiger partial charge >= 0.3 is 12.2 Å². The van der Waals surface area contributed by atoms with Gasteiger partial charge in [-0.2, -0.15) is 13.2 Å². The van der Waals surface area contributed by atoms with E-state index in [0.29, 0.717) is 6.54 Å². The lowest BCUT2D eigenvalue weighted by atomic mass is 10.1. The van der Waals surface area contributed by atoms with Gasteiger partial charge in [0, 0.05) is 12.6 Å². The first-order chi connectivity index (χ1) is 8.97. The van der Waals surface area contributed by atoms with Crippen LogP contribution >= 0.6 is 0 Å². The Bertz CT molecular complexity index is 456. The van der Waals surface area contributed by atoms with Gasteiger partial charge in [-0.1, -0.05) is 12.1 Å². The van der Waals surface area contributed by atoms with Crippen molar-refractivity contribution in [1.82, 2.24) is 10.6 Å². The predicted octanol–water partition coefficient (Wildman–Crippen LogP) is 2.19. The van der Waals surface area contributed by atoms with Crippen LogP contribution in [0.15, 0.2) is 24.3 Å². The van der Waals surface area contributed by atoms with Crippen LogP contribution in [0.3, 0.4) is 0 Å². The molecule has 1 atom stereocenters. The molecular weight excluding hydrogens is 259 g/mol. The summed E-state index contributed by atoms with van der Waals surface area (Å²) in [5.41, 5.74) is -1.09. The Balaban J connectivity index is 2.04. The van der Waals surface area contributed by atoms with E-state index in [1.165, 1.54) is 18.2 Å². The highest BCUT2D eigenvalue weighted by Crippen LogP contribution is 2.34. The van der Waals surface area contributed by atoms with Gasteiger partial charge in [-0.05, 0) is 25.1 Å². The van der Waals surface area contributed by atoms with Crippen molar-refractivity contribution in [2.45, 2.75) is 18.6 Å². The highest BCUT2D eigenvalue weighted by molar-refractivity contribution is 5.90. The summed E-state index contributed by atoms with van der Waals surface area (Å²) >= 11 is 0. The van der Waals surface area contributed by atoms with Crippen LogP contribution in [0.2, 0.25) is 0 Å². The van der Waals surface area contributed by atoms with Gasteiger partial charge in [-0.25, -0.2) is 4.79 Å². The Kier molecular flexibility index (Phi) is 3.94. The molecule has 4 nitrogen and oxygen atoms in total. The molecule has 1 aliphatic heterocycles. The molecule has 1 saturated heterocycles. The van der Waals surface area contributed by atoms with Crippen molar-refractivity contribution in [3.8, 4) is 0 Å². The molecule has 0 aromatic heterocycles. The molecule has 1 aromatic rings. The Morgan fingerprint density at radius 3 is 2.68 bits per heavy atom. The first-order valence-corrected chi connectivity index (χ1v) is 5.91. The molecule has 0 spiro atoms. The molecule has 1 fully saturated rings. The number of amides is 2. The van der Waals surface area contributed by atoms with Gasteiger partial charge in [0.05, 0.1) is 11.3 Å². The highest BCUT2D eigenvalue weighted by atomic mass is 19.4. The summed E-state index contributed by atoms with van der Waals surface area (Å²) in [5.74, 6) is 0. The number of para-hydroxylation sites is 1. The van der Waals surface area contributed by atoms with Crippen LogP contribution in [0.5, 0.6) is 0 Å². The number of alkyl halides is 3. The monoisotopic (exact) mass is 273 g/mol. The van der Waals surface area contributed by atoms with E-state index < -0.39 is 17.8 Å². The number of carbonyl (C=O) groups excluding carboxylic acids is 1. The minimum absolute atomic E-state index is 0.0435. The van der Waals surface area contributed by atoms with Crippen molar-refractivity contribution in [3.63, 3.8) is 0 Å². The number of urea groups is 1. The third-order valence-electron chi connectivity index (χ3n) is 2.88. The van der Waals surface area contributed by atoms with Crippen molar-refractivity contribution >= 4 is 11.7 Å². The van der Waals surface area contributed by atoms with Gasteiger partial charge in [0.1, 0.15) is 0 Å². The van der Waals surface area contributed by atoms with Crippen LogP contribution < -0.4 is 16.0 Å². The normalized spacial score (nSPS) is 19.2. The van der Waals surface area contributed by atoms with Crippen molar-refractivity contribution in [2.24, 2.45) is 0 Å². The second-order valence-electron chi connectivity index (χ2n) is 4.33. The largest absolute Gasteiger partial charge is 0.418 e. The molecule has 104 valence electrons. The zero-order valence-electron chi connectivity index (χ0n) is 10.1. The van der Waals surface area contributed by atoms with Gasteiger partial charge in [0.2, 0.25) is 0 Å². The second-order valence-corrected chi connectivity index (χ2v) is 4.33. The number of halogens is 3. The maximum Gasteiger partial charge on any atom is 0.418 e. The first kappa shape index (κ1) is 13.7. The number of carbonyl (C=O) groups is 1. The molecule has 7 heteroatoms. The molecule has 2 amide bonds. The average Bonchev–Trinajstić information content (AvgIpc) is 2.81. The molecular formula is C12H14F3N3O. The van der Waals surface area contributed by atoms with Gasteiger partial charge in [0.15, 0.2) is 0 Å². The molecule has 19 heavy (non-hydrogen) atoms. The maximum absolute atomic E-state index is 12.7. The number of nitrogens with one attached hydrogen (secondary N) is 3. The SMILES string of the molecule is O=C(Nc1ccccc1C(F)(F)F)NC1CCNC1. The fourth-order valence-electron chi connectivity index (χ4n) is 1.96. The summed E-state index contributed by atoms with van der Waals surface area (Å²) in [6.07, 6.45) is -3.72. The minimum atomic E-state index is -4.49. The third-order valence-corrected chi connectivity index (χ3v) is 2.88. The molecule has 0 aliphatic carbocycles. The number of anilines is 1. The summed E-state index contributed by atoms with van der Waals surface area (Å²) in [6.45, 7) is 1.43. The topological polar surface area (TPSA) is 53.2 Å². The van der Waals surface area contributed by atoms with E-state index in [-0.39, 0.29) is 11.7 Å². The van der Waals surface area contributed by atoms with Gasteiger partial charge in [0.25, 0.3) is 0 Å². The van der Waals surface area contributed by atoms with Gasteiger partial charge < -0.3 is 16.0 Å². The lowest BCUT2D eigenvalue weighted by Crippen LogP contribution is -2.39. The Labute approximate surface area is 108 Å². The molecule has 0 bridgehead atoms. The van der Waals surface area contributed by atoms with Crippen molar-refractivity contribution in [3.05, 3.63) is 29.8 Å². The maximum atomic E-state index is 12.7. The predicted molar refractivity (Wildman–Crippen MR) is 64.9 cm³/mol. The smallest absolute Gasteiger partial charge is 0.334 e. The molecule has 3 N–H and O–H groups in total. The zero-order valence-corrected chi connectivity index (χ0v) is 10.1. The van der Waals surface area contributed by atoms with Crippen LogP contribution in [0.1, 0.15) is 12.0 Å².